The lowest BCUT2D eigenvalue weighted by Crippen LogP contribution is -2.29. The van der Waals surface area contributed by atoms with Gasteiger partial charge in [0, 0.05) is 23.7 Å². The van der Waals surface area contributed by atoms with Crippen molar-refractivity contribution in [2.45, 2.75) is 39.3 Å². The summed E-state index contributed by atoms with van der Waals surface area (Å²) in [7, 11) is 0. The standard InChI is InChI=1S/C15H21ClN4/c1-10(2)20-5-4-14(19-20)9-15(18-17)12-6-11(3)7-13(16)8-12/h4-8,10,15,18H,9,17H2,1-3H3. The van der Waals surface area contributed by atoms with Crippen molar-refractivity contribution >= 4 is 11.6 Å². The number of hydrazine groups is 1. The minimum Gasteiger partial charge on any atom is -0.271 e. The Balaban J connectivity index is 2.19. The molecule has 1 unspecified atom stereocenters. The first-order valence-electron chi connectivity index (χ1n) is 6.77. The number of aryl methyl sites for hydroxylation is 1. The molecule has 0 saturated carbocycles. The molecule has 0 aliphatic carbocycles. The van der Waals surface area contributed by atoms with Crippen LogP contribution < -0.4 is 11.3 Å². The zero-order valence-corrected chi connectivity index (χ0v) is 12.9. The third-order valence-electron chi connectivity index (χ3n) is 3.27. The second-order valence-corrected chi connectivity index (χ2v) is 5.80. The maximum atomic E-state index is 6.11. The first kappa shape index (κ1) is 15.0. The van der Waals surface area contributed by atoms with Crippen LogP contribution in [0.4, 0.5) is 0 Å². The van der Waals surface area contributed by atoms with Gasteiger partial charge in [-0.25, -0.2) is 0 Å². The Kier molecular flexibility index (Phi) is 4.81. The Labute approximate surface area is 124 Å². The largest absolute Gasteiger partial charge is 0.271 e. The van der Waals surface area contributed by atoms with Gasteiger partial charge < -0.3 is 0 Å². The lowest BCUT2D eigenvalue weighted by atomic mass is 10.0. The molecule has 1 heterocycles. The van der Waals surface area contributed by atoms with Crippen molar-refractivity contribution in [1.29, 1.82) is 0 Å². The van der Waals surface area contributed by atoms with E-state index in [0.29, 0.717) is 6.04 Å². The molecule has 20 heavy (non-hydrogen) atoms. The van der Waals surface area contributed by atoms with Gasteiger partial charge in [0.15, 0.2) is 0 Å². The fourth-order valence-electron chi connectivity index (χ4n) is 2.22. The monoisotopic (exact) mass is 292 g/mol. The molecular formula is C15H21ClN4. The molecule has 1 atom stereocenters. The summed E-state index contributed by atoms with van der Waals surface area (Å²) in [6.07, 6.45) is 2.73. The fourth-order valence-corrected chi connectivity index (χ4v) is 2.52. The van der Waals surface area contributed by atoms with Crippen molar-refractivity contribution in [2.24, 2.45) is 5.84 Å². The van der Waals surface area contributed by atoms with Crippen molar-refractivity contribution in [3.63, 3.8) is 0 Å². The third kappa shape index (κ3) is 3.60. The van der Waals surface area contributed by atoms with Gasteiger partial charge in [0.2, 0.25) is 0 Å². The van der Waals surface area contributed by atoms with Gasteiger partial charge in [-0.05, 0) is 50.1 Å². The van der Waals surface area contributed by atoms with Crippen LogP contribution in [-0.2, 0) is 6.42 Å². The molecule has 4 nitrogen and oxygen atoms in total. The van der Waals surface area contributed by atoms with Crippen molar-refractivity contribution in [3.8, 4) is 0 Å². The summed E-state index contributed by atoms with van der Waals surface area (Å²) in [6, 6.07) is 8.37. The number of aromatic nitrogens is 2. The average Bonchev–Trinajstić information content (AvgIpc) is 2.83. The van der Waals surface area contributed by atoms with Crippen LogP contribution in [0.1, 0.15) is 42.8 Å². The topological polar surface area (TPSA) is 55.9 Å². The first-order chi connectivity index (χ1) is 9.49. The summed E-state index contributed by atoms with van der Waals surface area (Å²) in [5, 5.41) is 5.29. The molecule has 5 heteroatoms. The number of nitrogens with two attached hydrogens (primary N) is 1. The molecule has 3 N–H and O–H groups in total. The van der Waals surface area contributed by atoms with E-state index in [1.54, 1.807) is 0 Å². The number of nitrogens with one attached hydrogen (secondary N) is 1. The predicted molar refractivity (Wildman–Crippen MR) is 82.6 cm³/mol. The van der Waals surface area contributed by atoms with E-state index in [-0.39, 0.29) is 6.04 Å². The van der Waals surface area contributed by atoms with Crippen LogP contribution in [0.15, 0.2) is 30.5 Å². The normalized spacial score (nSPS) is 12.9. The van der Waals surface area contributed by atoms with E-state index in [1.807, 2.05) is 36.0 Å². The number of benzene rings is 1. The fraction of sp³-hybridized carbons (Fsp3) is 0.400. The van der Waals surface area contributed by atoms with E-state index < -0.39 is 0 Å². The van der Waals surface area contributed by atoms with Gasteiger partial charge in [-0.1, -0.05) is 17.7 Å². The smallest absolute Gasteiger partial charge is 0.0644 e. The lowest BCUT2D eigenvalue weighted by Gasteiger charge is -2.16. The van der Waals surface area contributed by atoms with Gasteiger partial charge in [0.05, 0.1) is 11.7 Å². The molecule has 2 aromatic rings. The predicted octanol–water partition coefficient (Wildman–Crippen LogP) is 3.17. The van der Waals surface area contributed by atoms with Crippen molar-refractivity contribution in [2.75, 3.05) is 0 Å². The van der Waals surface area contributed by atoms with Gasteiger partial charge >= 0.3 is 0 Å². The molecule has 0 bridgehead atoms. The Bertz CT molecular complexity index is 557. The molecular weight excluding hydrogens is 272 g/mol. The molecule has 2 rings (SSSR count). The van der Waals surface area contributed by atoms with Crippen LogP contribution in [0, 0.1) is 6.92 Å². The van der Waals surface area contributed by atoms with Crippen LogP contribution in [0.5, 0.6) is 0 Å². The molecule has 0 aliphatic rings. The Morgan fingerprint density at radius 2 is 2.10 bits per heavy atom. The van der Waals surface area contributed by atoms with E-state index in [1.165, 1.54) is 0 Å². The number of hydrogen-bond acceptors (Lipinski definition) is 3. The Hall–Kier alpha value is -1.36. The minimum atomic E-state index is 0.00270. The van der Waals surface area contributed by atoms with Crippen LogP contribution in [0.25, 0.3) is 0 Å². The molecule has 0 saturated heterocycles. The third-order valence-corrected chi connectivity index (χ3v) is 3.49. The van der Waals surface area contributed by atoms with Crippen molar-refractivity contribution in [3.05, 3.63) is 52.3 Å². The van der Waals surface area contributed by atoms with Crippen molar-refractivity contribution < 1.29 is 0 Å². The minimum absolute atomic E-state index is 0.00270. The van der Waals surface area contributed by atoms with Gasteiger partial charge in [-0.3, -0.25) is 16.0 Å². The van der Waals surface area contributed by atoms with Crippen LogP contribution >= 0.6 is 11.6 Å². The highest BCUT2D eigenvalue weighted by Gasteiger charge is 2.14. The highest BCUT2D eigenvalue weighted by molar-refractivity contribution is 6.30. The van der Waals surface area contributed by atoms with Gasteiger partial charge in [-0.15, -0.1) is 0 Å². The molecule has 1 aromatic carbocycles. The molecule has 0 radical (unpaired) electrons. The zero-order chi connectivity index (χ0) is 14.7. The molecule has 0 spiro atoms. The summed E-state index contributed by atoms with van der Waals surface area (Å²) >= 11 is 6.11. The molecule has 1 aromatic heterocycles. The Morgan fingerprint density at radius 3 is 2.65 bits per heavy atom. The van der Waals surface area contributed by atoms with E-state index in [2.05, 4.69) is 30.4 Å². The van der Waals surface area contributed by atoms with Crippen LogP contribution in [0.2, 0.25) is 5.02 Å². The number of nitrogens with zero attached hydrogens (tertiary/aromatic N) is 2. The first-order valence-corrected chi connectivity index (χ1v) is 7.14. The highest BCUT2D eigenvalue weighted by Crippen LogP contribution is 2.22. The molecule has 0 aliphatic heterocycles. The Morgan fingerprint density at radius 1 is 1.35 bits per heavy atom. The summed E-state index contributed by atoms with van der Waals surface area (Å²) in [5.41, 5.74) is 6.07. The molecule has 108 valence electrons. The number of halogens is 1. The summed E-state index contributed by atoms with van der Waals surface area (Å²) in [5.74, 6) is 5.69. The number of rotatable bonds is 5. The maximum absolute atomic E-state index is 6.11. The number of hydrogen-bond donors (Lipinski definition) is 2. The molecule has 0 amide bonds. The van der Waals surface area contributed by atoms with Gasteiger partial charge in [0.1, 0.15) is 0 Å². The lowest BCUT2D eigenvalue weighted by molar-refractivity contribution is 0.507. The summed E-state index contributed by atoms with van der Waals surface area (Å²) in [4.78, 5) is 0. The quantitative estimate of drug-likeness (QED) is 0.657. The van der Waals surface area contributed by atoms with Gasteiger partial charge in [0.25, 0.3) is 0 Å². The second-order valence-electron chi connectivity index (χ2n) is 5.37. The maximum Gasteiger partial charge on any atom is 0.0644 e. The SMILES string of the molecule is Cc1cc(Cl)cc(C(Cc2ccn(C(C)C)n2)NN)c1. The summed E-state index contributed by atoms with van der Waals surface area (Å²) < 4.78 is 1.95. The van der Waals surface area contributed by atoms with E-state index >= 15 is 0 Å². The van der Waals surface area contributed by atoms with E-state index in [4.69, 9.17) is 17.4 Å². The van der Waals surface area contributed by atoms with Crippen molar-refractivity contribution in [1.82, 2.24) is 15.2 Å². The zero-order valence-electron chi connectivity index (χ0n) is 12.1. The highest BCUT2D eigenvalue weighted by atomic mass is 35.5. The van der Waals surface area contributed by atoms with Crippen LogP contribution in [0.3, 0.4) is 0 Å². The summed E-state index contributed by atoms with van der Waals surface area (Å²) in [6.45, 7) is 6.24. The molecule has 0 fully saturated rings. The van der Waals surface area contributed by atoms with Gasteiger partial charge in [-0.2, -0.15) is 5.10 Å². The van der Waals surface area contributed by atoms with Crippen LogP contribution in [-0.4, -0.2) is 9.78 Å². The van der Waals surface area contributed by atoms with E-state index in [9.17, 15) is 0 Å². The second kappa shape index (κ2) is 6.39. The van der Waals surface area contributed by atoms with E-state index in [0.717, 1.165) is 28.3 Å². The average molecular weight is 293 g/mol.